The highest BCUT2D eigenvalue weighted by atomic mass is 16.4. The van der Waals surface area contributed by atoms with E-state index in [-0.39, 0.29) is 19.0 Å². The number of benzene rings is 1. The summed E-state index contributed by atoms with van der Waals surface area (Å²) in [6, 6.07) is 7.66. The Labute approximate surface area is 129 Å². The highest BCUT2D eigenvalue weighted by molar-refractivity contribution is 5.83. The van der Waals surface area contributed by atoms with E-state index in [9.17, 15) is 9.59 Å². The largest absolute Gasteiger partial charge is 0.480 e. The number of imidazole rings is 1. The van der Waals surface area contributed by atoms with Crippen LogP contribution < -0.4 is 0 Å². The number of carboxylic acids is 1. The number of carboxylic acid groups (broad SMARTS) is 1. The molecule has 0 saturated heterocycles. The fourth-order valence-corrected chi connectivity index (χ4v) is 2.53. The van der Waals surface area contributed by atoms with Gasteiger partial charge in [0.1, 0.15) is 18.9 Å². The number of para-hydroxylation sites is 2. The van der Waals surface area contributed by atoms with Crippen LogP contribution in [0.2, 0.25) is 0 Å². The second-order valence-corrected chi connectivity index (χ2v) is 5.17. The minimum atomic E-state index is -0.993. The number of fused-ring (bicyclic) bond motifs is 1. The standard InChI is InChI=1S/C16H21N3O3/c1-3-9-18(11-16(21)22)15(20)10-19-13-8-6-5-7-12(13)17-14(19)4-2/h5-8H,3-4,9-11H2,1-2H3,(H,21,22). The molecule has 1 amide bonds. The molecule has 0 bridgehead atoms. The first-order valence-electron chi connectivity index (χ1n) is 7.50. The zero-order chi connectivity index (χ0) is 16.1. The first-order chi connectivity index (χ1) is 10.6. The van der Waals surface area contributed by atoms with Gasteiger partial charge in [-0.15, -0.1) is 0 Å². The summed E-state index contributed by atoms with van der Waals surface area (Å²) in [6.45, 7) is 4.21. The molecule has 0 radical (unpaired) electrons. The van der Waals surface area contributed by atoms with Crippen LogP contribution in [-0.4, -0.2) is 44.5 Å². The van der Waals surface area contributed by atoms with Crippen molar-refractivity contribution in [3.63, 3.8) is 0 Å². The number of aromatic nitrogens is 2. The molecule has 0 unspecified atom stereocenters. The summed E-state index contributed by atoms with van der Waals surface area (Å²) in [5.74, 6) is -0.351. The van der Waals surface area contributed by atoms with E-state index in [1.807, 2.05) is 42.7 Å². The van der Waals surface area contributed by atoms with E-state index in [2.05, 4.69) is 4.98 Å². The van der Waals surface area contributed by atoms with E-state index < -0.39 is 5.97 Å². The smallest absolute Gasteiger partial charge is 0.323 e. The fourth-order valence-electron chi connectivity index (χ4n) is 2.53. The zero-order valence-corrected chi connectivity index (χ0v) is 13.0. The van der Waals surface area contributed by atoms with Gasteiger partial charge in [-0.25, -0.2) is 4.98 Å². The van der Waals surface area contributed by atoms with Crippen LogP contribution in [-0.2, 0) is 22.6 Å². The molecule has 2 rings (SSSR count). The third-order valence-corrected chi connectivity index (χ3v) is 3.52. The van der Waals surface area contributed by atoms with Crippen LogP contribution in [0.3, 0.4) is 0 Å². The number of aryl methyl sites for hydroxylation is 1. The summed E-state index contributed by atoms with van der Waals surface area (Å²) in [7, 11) is 0. The first kappa shape index (κ1) is 16.0. The van der Waals surface area contributed by atoms with Crippen LogP contribution in [0.5, 0.6) is 0 Å². The average Bonchev–Trinajstić information content (AvgIpc) is 2.84. The van der Waals surface area contributed by atoms with Crippen LogP contribution in [0.25, 0.3) is 11.0 Å². The summed E-state index contributed by atoms with van der Waals surface area (Å²) >= 11 is 0. The van der Waals surface area contributed by atoms with Crippen LogP contribution in [0.4, 0.5) is 0 Å². The van der Waals surface area contributed by atoms with E-state index in [1.54, 1.807) is 0 Å². The lowest BCUT2D eigenvalue weighted by Crippen LogP contribution is -2.38. The number of amides is 1. The van der Waals surface area contributed by atoms with E-state index in [0.717, 1.165) is 23.3 Å². The first-order valence-corrected chi connectivity index (χ1v) is 7.50. The molecule has 0 aliphatic rings. The molecule has 1 aromatic carbocycles. The van der Waals surface area contributed by atoms with Gasteiger partial charge in [-0.05, 0) is 18.6 Å². The van der Waals surface area contributed by atoms with Crippen molar-refractivity contribution in [3.8, 4) is 0 Å². The number of hydrogen-bond donors (Lipinski definition) is 1. The Bertz CT molecular complexity index is 678. The quantitative estimate of drug-likeness (QED) is 0.848. The summed E-state index contributed by atoms with van der Waals surface area (Å²) in [4.78, 5) is 29.3. The lowest BCUT2D eigenvalue weighted by Gasteiger charge is -2.21. The predicted octanol–water partition coefficient (Wildman–Crippen LogP) is 1.92. The van der Waals surface area contributed by atoms with Gasteiger partial charge in [-0.2, -0.15) is 0 Å². The van der Waals surface area contributed by atoms with E-state index >= 15 is 0 Å². The van der Waals surface area contributed by atoms with E-state index in [1.165, 1.54) is 4.90 Å². The molecule has 6 heteroatoms. The average molecular weight is 303 g/mol. The Morgan fingerprint density at radius 2 is 2.00 bits per heavy atom. The summed E-state index contributed by atoms with van der Waals surface area (Å²) in [6.07, 6.45) is 1.44. The van der Waals surface area contributed by atoms with Crippen molar-refractivity contribution >= 4 is 22.9 Å². The second kappa shape index (κ2) is 7.06. The summed E-state index contributed by atoms with van der Waals surface area (Å²) in [5.41, 5.74) is 1.76. The molecule has 0 saturated carbocycles. The van der Waals surface area contributed by atoms with Gasteiger partial charge >= 0.3 is 5.97 Å². The zero-order valence-electron chi connectivity index (χ0n) is 13.0. The molecule has 0 aliphatic heterocycles. The van der Waals surface area contributed by atoms with Crippen LogP contribution in [0, 0.1) is 0 Å². The van der Waals surface area contributed by atoms with Crippen LogP contribution in [0.15, 0.2) is 24.3 Å². The minimum absolute atomic E-state index is 0.122. The van der Waals surface area contributed by atoms with Gasteiger partial charge in [0.05, 0.1) is 11.0 Å². The molecule has 0 fully saturated rings. The van der Waals surface area contributed by atoms with Gasteiger partial charge in [-0.1, -0.05) is 26.0 Å². The molecule has 22 heavy (non-hydrogen) atoms. The maximum Gasteiger partial charge on any atom is 0.323 e. The van der Waals surface area contributed by atoms with Crippen molar-refractivity contribution in [3.05, 3.63) is 30.1 Å². The van der Waals surface area contributed by atoms with E-state index in [4.69, 9.17) is 5.11 Å². The van der Waals surface area contributed by atoms with Gasteiger partial charge in [0.2, 0.25) is 5.91 Å². The Morgan fingerprint density at radius 1 is 1.27 bits per heavy atom. The van der Waals surface area contributed by atoms with Gasteiger partial charge in [0.25, 0.3) is 0 Å². The molecular formula is C16H21N3O3. The summed E-state index contributed by atoms with van der Waals surface area (Å²) in [5, 5.41) is 8.94. The topological polar surface area (TPSA) is 75.4 Å². The van der Waals surface area contributed by atoms with Gasteiger partial charge in [-0.3, -0.25) is 9.59 Å². The Kier molecular flexibility index (Phi) is 5.14. The number of nitrogens with zero attached hydrogens (tertiary/aromatic N) is 3. The molecule has 1 aromatic heterocycles. The van der Waals surface area contributed by atoms with E-state index in [0.29, 0.717) is 13.0 Å². The van der Waals surface area contributed by atoms with Gasteiger partial charge < -0.3 is 14.6 Å². The summed E-state index contributed by atoms with van der Waals surface area (Å²) < 4.78 is 1.88. The molecule has 0 aliphatic carbocycles. The third kappa shape index (κ3) is 3.44. The normalized spacial score (nSPS) is 10.8. The lowest BCUT2D eigenvalue weighted by molar-refractivity contribution is -0.144. The maximum absolute atomic E-state index is 12.5. The van der Waals surface area contributed by atoms with Crippen molar-refractivity contribution < 1.29 is 14.7 Å². The molecular weight excluding hydrogens is 282 g/mol. The molecule has 118 valence electrons. The monoisotopic (exact) mass is 303 g/mol. The second-order valence-electron chi connectivity index (χ2n) is 5.17. The highest BCUT2D eigenvalue weighted by Gasteiger charge is 2.19. The molecule has 2 aromatic rings. The predicted molar refractivity (Wildman–Crippen MR) is 83.6 cm³/mol. The van der Waals surface area contributed by atoms with Crippen molar-refractivity contribution in [2.75, 3.05) is 13.1 Å². The minimum Gasteiger partial charge on any atom is -0.480 e. The van der Waals surface area contributed by atoms with Crippen molar-refractivity contribution in [1.29, 1.82) is 0 Å². The highest BCUT2D eigenvalue weighted by Crippen LogP contribution is 2.16. The van der Waals surface area contributed by atoms with Crippen molar-refractivity contribution in [2.45, 2.75) is 33.2 Å². The molecule has 0 atom stereocenters. The third-order valence-electron chi connectivity index (χ3n) is 3.52. The van der Waals surface area contributed by atoms with Gasteiger partial charge in [0, 0.05) is 13.0 Å². The van der Waals surface area contributed by atoms with Crippen LogP contribution >= 0.6 is 0 Å². The van der Waals surface area contributed by atoms with Crippen LogP contribution in [0.1, 0.15) is 26.1 Å². The lowest BCUT2D eigenvalue weighted by atomic mass is 10.3. The Balaban J connectivity index is 2.28. The maximum atomic E-state index is 12.5. The molecule has 1 heterocycles. The number of rotatable bonds is 7. The SMILES string of the molecule is CCCN(CC(=O)O)C(=O)Cn1c(CC)nc2ccccc21. The molecule has 0 spiro atoms. The van der Waals surface area contributed by atoms with Crippen molar-refractivity contribution in [1.82, 2.24) is 14.5 Å². The van der Waals surface area contributed by atoms with Gasteiger partial charge in [0.15, 0.2) is 0 Å². The van der Waals surface area contributed by atoms with Crippen molar-refractivity contribution in [2.24, 2.45) is 0 Å². The number of hydrogen-bond acceptors (Lipinski definition) is 3. The number of carbonyl (C=O) groups excluding carboxylic acids is 1. The Hall–Kier alpha value is -2.37. The molecule has 1 N–H and O–H groups in total. The number of aliphatic carboxylic acids is 1. The Morgan fingerprint density at radius 3 is 2.64 bits per heavy atom. The number of carbonyl (C=O) groups is 2. The molecule has 6 nitrogen and oxygen atoms in total. The fraction of sp³-hybridized carbons (Fsp3) is 0.438.